The standard InChI is InChI=1S/C20H27N5O4/c1-15-4-2-3-5-16(15)22-18(27)12-17-20(29)21-6-7-25(17)19(28)13-23-8-10-24(14-26)11-9-23/h2-5,14,17H,6-13H2,1H3,(H,21,29)(H,22,27)/t17-/m1/s1. The molecule has 2 aliphatic rings. The Morgan fingerprint density at radius 3 is 2.59 bits per heavy atom. The summed E-state index contributed by atoms with van der Waals surface area (Å²) >= 11 is 0. The molecule has 0 saturated carbocycles. The minimum absolute atomic E-state index is 0.0924. The molecule has 1 aromatic rings. The third-order valence-electron chi connectivity index (χ3n) is 5.36. The van der Waals surface area contributed by atoms with E-state index in [-0.39, 0.29) is 30.7 Å². The number of benzene rings is 1. The van der Waals surface area contributed by atoms with Crippen LogP contribution in [0, 0.1) is 6.92 Å². The highest BCUT2D eigenvalue weighted by atomic mass is 16.2. The highest BCUT2D eigenvalue weighted by Crippen LogP contribution is 2.16. The molecule has 0 spiro atoms. The SMILES string of the molecule is Cc1ccccc1NC(=O)C[C@@H]1C(=O)NCCN1C(=O)CN1CCN(C=O)CC1. The zero-order chi connectivity index (χ0) is 20.8. The van der Waals surface area contributed by atoms with Crippen molar-refractivity contribution >= 4 is 29.8 Å². The number of rotatable bonds is 6. The summed E-state index contributed by atoms with van der Waals surface area (Å²) in [4.78, 5) is 53.7. The second-order valence-corrected chi connectivity index (χ2v) is 7.38. The fourth-order valence-corrected chi connectivity index (χ4v) is 3.62. The summed E-state index contributed by atoms with van der Waals surface area (Å²) in [6.45, 7) is 5.21. The van der Waals surface area contributed by atoms with Crippen LogP contribution in [0.5, 0.6) is 0 Å². The second-order valence-electron chi connectivity index (χ2n) is 7.38. The number of nitrogens with one attached hydrogen (secondary N) is 2. The van der Waals surface area contributed by atoms with E-state index in [9.17, 15) is 19.2 Å². The number of nitrogens with zero attached hydrogens (tertiary/aromatic N) is 3. The first-order chi connectivity index (χ1) is 14.0. The van der Waals surface area contributed by atoms with Gasteiger partial charge in [0, 0.05) is 45.0 Å². The zero-order valence-electron chi connectivity index (χ0n) is 16.6. The van der Waals surface area contributed by atoms with Crippen molar-refractivity contribution in [3.05, 3.63) is 29.8 Å². The topological polar surface area (TPSA) is 102 Å². The summed E-state index contributed by atoms with van der Waals surface area (Å²) in [5, 5.41) is 5.57. The molecule has 0 unspecified atom stereocenters. The number of hydrogen-bond acceptors (Lipinski definition) is 5. The molecule has 2 heterocycles. The van der Waals surface area contributed by atoms with Crippen molar-refractivity contribution in [1.82, 2.24) is 20.0 Å². The number of para-hydroxylation sites is 1. The van der Waals surface area contributed by atoms with E-state index in [1.54, 1.807) is 11.0 Å². The number of carbonyl (C=O) groups is 4. The summed E-state index contributed by atoms with van der Waals surface area (Å²) < 4.78 is 0. The molecule has 156 valence electrons. The molecule has 3 rings (SSSR count). The second kappa shape index (κ2) is 9.51. The van der Waals surface area contributed by atoms with Crippen molar-refractivity contribution in [2.75, 3.05) is 51.1 Å². The van der Waals surface area contributed by atoms with Gasteiger partial charge in [0.15, 0.2) is 0 Å². The first kappa shape index (κ1) is 20.8. The molecule has 2 N–H and O–H groups in total. The molecule has 2 aliphatic heterocycles. The van der Waals surface area contributed by atoms with E-state index in [1.165, 1.54) is 4.90 Å². The first-order valence-electron chi connectivity index (χ1n) is 9.82. The van der Waals surface area contributed by atoms with Crippen molar-refractivity contribution in [2.45, 2.75) is 19.4 Å². The molecule has 9 nitrogen and oxygen atoms in total. The number of hydrogen-bond donors (Lipinski definition) is 2. The van der Waals surface area contributed by atoms with Gasteiger partial charge in [0.05, 0.1) is 13.0 Å². The molecular formula is C20H27N5O4. The molecular weight excluding hydrogens is 374 g/mol. The quantitative estimate of drug-likeness (QED) is 0.622. The number of anilines is 1. The van der Waals surface area contributed by atoms with E-state index in [1.807, 2.05) is 30.0 Å². The van der Waals surface area contributed by atoms with E-state index in [0.717, 1.165) is 12.0 Å². The molecule has 2 fully saturated rings. The van der Waals surface area contributed by atoms with Crippen LogP contribution in [0.2, 0.25) is 0 Å². The Hall–Kier alpha value is -2.94. The molecule has 0 aromatic heterocycles. The molecule has 1 atom stereocenters. The smallest absolute Gasteiger partial charge is 0.243 e. The Morgan fingerprint density at radius 2 is 1.90 bits per heavy atom. The minimum atomic E-state index is -0.823. The molecule has 0 radical (unpaired) electrons. The van der Waals surface area contributed by atoms with Gasteiger partial charge >= 0.3 is 0 Å². The Morgan fingerprint density at radius 1 is 1.17 bits per heavy atom. The monoisotopic (exact) mass is 401 g/mol. The van der Waals surface area contributed by atoms with Crippen LogP contribution in [0.3, 0.4) is 0 Å². The maximum Gasteiger partial charge on any atom is 0.243 e. The van der Waals surface area contributed by atoms with Gasteiger partial charge in [0.25, 0.3) is 0 Å². The highest BCUT2D eigenvalue weighted by Gasteiger charge is 2.35. The van der Waals surface area contributed by atoms with Crippen molar-refractivity contribution < 1.29 is 19.2 Å². The van der Waals surface area contributed by atoms with Gasteiger partial charge in [-0.1, -0.05) is 18.2 Å². The molecule has 29 heavy (non-hydrogen) atoms. The largest absolute Gasteiger partial charge is 0.353 e. The lowest BCUT2D eigenvalue weighted by Gasteiger charge is -2.37. The van der Waals surface area contributed by atoms with Crippen LogP contribution in [0.1, 0.15) is 12.0 Å². The highest BCUT2D eigenvalue weighted by molar-refractivity contribution is 5.98. The van der Waals surface area contributed by atoms with Gasteiger partial charge < -0.3 is 20.4 Å². The lowest BCUT2D eigenvalue weighted by atomic mass is 10.1. The van der Waals surface area contributed by atoms with E-state index < -0.39 is 6.04 Å². The van der Waals surface area contributed by atoms with Gasteiger partial charge in [0.1, 0.15) is 6.04 Å². The summed E-state index contributed by atoms with van der Waals surface area (Å²) in [6, 6.07) is 6.58. The predicted octanol–water partition coefficient (Wildman–Crippen LogP) is -0.575. The average molecular weight is 401 g/mol. The molecule has 0 bridgehead atoms. The Kier molecular flexibility index (Phi) is 6.82. The Labute approximate surface area is 170 Å². The van der Waals surface area contributed by atoms with Crippen LogP contribution < -0.4 is 10.6 Å². The summed E-state index contributed by atoms with van der Waals surface area (Å²) in [5.74, 6) is -0.790. The molecule has 0 aliphatic carbocycles. The number of carbonyl (C=O) groups excluding carboxylic acids is 4. The molecule has 9 heteroatoms. The van der Waals surface area contributed by atoms with Crippen molar-refractivity contribution in [3.8, 4) is 0 Å². The van der Waals surface area contributed by atoms with Crippen molar-refractivity contribution in [1.29, 1.82) is 0 Å². The van der Waals surface area contributed by atoms with Crippen LogP contribution >= 0.6 is 0 Å². The first-order valence-corrected chi connectivity index (χ1v) is 9.82. The fourth-order valence-electron chi connectivity index (χ4n) is 3.62. The molecule has 2 saturated heterocycles. The Bertz CT molecular complexity index is 776. The van der Waals surface area contributed by atoms with Gasteiger partial charge in [0.2, 0.25) is 24.1 Å². The van der Waals surface area contributed by atoms with Gasteiger partial charge in [-0.15, -0.1) is 0 Å². The summed E-state index contributed by atoms with van der Waals surface area (Å²) in [5.41, 5.74) is 1.62. The van der Waals surface area contributed by atoms with E-state index in [2.05, 4.69) is 10.6 Å². The van der Waals surface area contributed by atoms with E-state index >= 15 is 0 Å². The van der Waals surface area contributed by atoms with Gasteiger partial charge in [-0.3, -0.25) is 24.1 Å². The van der Waals surface area contributed by atoms with Crippen LogP contribution in [-0.2, 0) is 19.2 Å². The Balaban J connectivity index is 1.60. The van der Waals surface area contributed by atoms with E-state index in [0.29, 0.717) is 45.0 Å². The lowest BCUT2D eigenvalue weighted by molar-refractivity contribution is -0.145. The van der Waals surface area contributed by atoms with Gasteiger partial charge in [-0.25, -0.2) is 0 Å². The maximum atomic E-state index is 12.9. The number of piperazine rings is 2. The molecule has 4 amide bonds. The van der Waals surface area contributed by atoms with Crippen LogP contribution in [-0.4, -0.2) is 90.7 Å². The van der Waals surface area contributed by atoms with Crippen molar-refractivity contribution in [3.63, 3.8) is 0 Å². The zero-order valence-corrected chi connectivity index (χ0v) is 16.6. The number of amides is 4. The van der Waals surface area contributed by atoms with Gasteiger partial charge in [-0.05, 0) is 18.6 Å². The lowest BCUT2D eigenvalue weighted by Crippen LogP contribution is -2.60. The molecule has 1 aromatic carbocycles. The summed E-state index contributed by atoms with van der Waals surface area (Å²) in [7, 11) is 0. The maximum absolute atomic E-state index is 12.9. The summed E-state index contributed by atoms with van der Waals surface area (Å²) in [6.07, 6.45) is 0.724. The minimum Gasteiger partial charge on any atom is -0.353 e. The van der Waals surface area contributed by atoms with Crippen LogP contribution in [0.25, 0.3) is 0 Å². The predicted molar refractivity (Wildman–Crippen MR) is 107 cm³/mol. The van der Waals surface area contributed by atoms with Crippen LogP contribution in [0.15, 0.2) is 24.3 Å². The number of aryl methyl sites for hydroxylation is 1. The normalized spacial score (nSPS) is 20.2. The van der Waals surface area contributed by atoms with Crippen molar-refractivity contribution in [2.24, 2.45) is 0 Å². The fraction of sp³-hybridized carbons (Fsp3) is 0.500. The third-order valence-corrected chi connectivity index (χ3v) is 5.36. The third kappa shape index (κ3) is 5.32. The average Bonchev–Trinajstić information content (AvgIpc) is 2.71. The van der Waals surface area contributed by atoms with Crippen LogP contribution in [0.4, 0.5) is 5.69 Å². The van der Waals surface area contributed by atoms with Gasteiger partial charge in [-0.2, -0.15) is 0 Å². The van der Waals surface area contributed by atoms with E-state index in [4.69, 9.17) is 0 Å².